The predicted molar refractivity (Wildman–Crippen MR) is 81.6 cm³/mol. The molecule has 0 fully saturated rings. The van der Waals surface area contributed by atoms with Crippen LogP contribution in [0.3, 0.4) is 0 Å². The van der Waals surface area contributed by atoms with Gasteiger partial charge in [-0.25, -0.2) is 8.42 Å². The zero-order chi connectivity index (χ0) is 15.3. The topological polar surface area (TPSA) is 63.2 Å². The molecule has 2 rings (SSSR count). The molecule has 0 spiro atoms. The molecular weight excluding hydrogens is 310 g/mol. The fourth-order valence-corrected chi connectivity index (χ4v) is 3.29. The van der Waals surface area contributed by atoms with E-state index in [9.17, 15) is 13.2 Å². The van der Waals surface area contributed by atoms with Crippen molar-refractivity contribution in [3.8, 4) is 0 Å². The van der Waals surface area contributed by atoms with Gasteiger partial charge in [0, 0.05) is 0 Å². The van der Waals surface area contributed by atoms with Crippen LogP contribution in [-0.2, 0) is 21.2 Å². The molecule has 0 unspecified atom stereocenters. The second-order valence-electron chi connectivity index (χ2n) is 4.48. The van der Waals surface area contributed by atoms with Gasteiger partial charge in [-0.2, -0.15) is 4.72 Å². The standard InChI is InChI=1S/C15H14ClNO3S/c16-15(18)14(11-12-7-3-1-4-8-12)17-21(19,20)13-9-5-2-6-10-13/h1-10,14,17H,11H2/t14-/m0/s1. The van der Waals surface area contributed by atoms with Gasteiger partial charge in [0.25, 0.3) is 0 Å². The molecule has 4 nitrogen and oxygen atoms in total. The van der Waals surface area contributed by atoms with Crippen LogP contribution in [0.2, 0.25) is 0 Å². The molecule has 0 heterocycles. The van der Waals surface area contributed by atoms with Gasteiger partial charge < -0.3 is 0 Å². The van der Waals surface area contributed by atoms with Crippen LogP contribution in [0, 0.1) is 0 Å². The third-order valence-corrected chi connectivity index (χ3v) is 4.66. The molecule has 0 aliphatic rings. The van der Waals surface area contributed by atoms with Gasteiger partial charge in [-0.15, -0.1) is 0 Å². The molecule has 2 aromatic rings. The zero-order valence-electron chi connectivity index (χ0n) is 11.1. The van der Waals surface area contributed by atoms with Gasteiger partial charge in [0.05, 0.1) is 10.9 Å². The molecule has 0 saturated carbocycles. The lowest BCUT2D eigenvalue weighted by Gasteiger charge is -2.15. The van der Waals surface area contributed by atoms with Gasteiger partial charge >= 0.3 is 0 Å². The van der Waals surface area contributed by atoms with Crippen molar-refractivity contribution in [2.75, 3.05) is 0 Å². The lowest BCUT2D eigenvalue weighted by Crippen LogP contribution is -2.40. The van der Waals surface area contributed by atoms with Gasteiger partial charge in [0.1, 0.15) is 0 Å². The van der Waals surface area contributed by atoms with E-state index < -0.39 is 21.3 Å². The van der Waals surface area contributed by atoms with Crippen LogP contribution in [-0.4, -0.2) is 19.7 Å². The van der Waals surface area contributed by atoms with Crippen molar-refractivity contribution in [2.45, 2.75) is 17.4 Å². The minimum Gasteiger partial charge on any atom is -0.279 e. The molecule has 0 aliphatic heterocycles. The Morgan fingerprint density at radius 1 is 1.00 bits per heavy atom. The third-order valence-electron chi connectivity index (χ3n) is 2.91. The summed E-state index contributed by atoms with van der Waals surface area (Å²) in [5, 5.41) is -0.738. The van der Waals surface area contributed by atoms with Crippen molar-refractivity contribution in [3.63, 3.8) is 0 Å². The second-order valence-corrected chi connectivity index (χ2v) is 6.57. The zero-order valence-corrected chi connectivity index (χ0v) is 12.6. The van der Waals surface area contributed by atoms with E-state index >= 15 is 0 Å². The van der Waals surface area contributed by atoms with Crippen LogP contribution < -0.4 is 4.72 Å². The van der Waals surface area contributed by atoms with Crippen LogP contribution in [0.15, 0.2) is 65.6 Å². The molecule has 0 aliphatic carbocycles. The number of carbonyl (C=O) groups excluding carboxylic acids is 1. The second kappa shape index (κ2) is 6.85. The average molecular weight is 324 g/mol. The molecule has 0 radical (unpaired) electrons. The first-order valence-electron chi connectivity index (χ1n) is 6.30. The van der Waals surface area contributed by atoms with Crippen LogP contribution in [0.5, 0.6) is 0 Å². The highest BCUT2D eigenvalue weighted by molar-refractivity contribution is 7.89. The molecule has 110 valence electrons. The average Bonchev–Trinajstić information content (AvgIpc) is 2.48. The Kier molecular flexibility index (Phi) is 5.12. The number of rotatable bonds is 6. The maximum atomic E-state index is 12.2. The van der Waals surface area contributed by atoms with Crippen molar-refractivity contribution >= 4 is 26.9 Å². The smallest absolute Gasteiger partial charge is 0.241 e. The van der Waals surface area contributed by atoms with Crippen molar-refractivity contribution in [1.29, 1.82) is 0 Å². The first kappa shape index (κ1) is 15.7. The number of nitrogens with one attached hydrogen (secondary N) is 1. The molecular formula is C15H14ClNO3S. The summed E-state index contributed by atoms with van der Waals surface area (Å²) in [5.74, 6) is 0. The molecule has 0 amide bonds. The normalized spacial score (nSPS) is 12.8. The molecule has 2 aromatic carbocycles. The summed E-state index contributed by atoms with van der Waals surface area (Å²) in [6.45, 7) is 0. The van der Waals surface area contributed by atoms with Gasteiger partial charge in [0.2, 0.25) is 15.3 Å². The van der Waals surface area contributed by atoms with E-state index in [-0.39, 0.29) is 11.3 Å². The minimum absolute atomic E-state index is 0.0981. The van der Waals surface area contributed by atoms with Crippen molar-refractivity contribution in [3.05, 3.63) is 66.2 Å². The van der Waals surface area contributed by atoms with E-state index in [1.807, 2.05) is 30.3 Å². The molecule has 0 aromatic heterocycles. The lowest BCUT2D eigenvalue weighted by molar-refractivity contribution is -0.113. The van der Waals surface area contributed by atoms with E-state index in [4.69, 9.17) is 11.6 Å². The van der Waals surface area contributed by atoms with Crippen LogP contribution >= 0.6 is 11.6 Å². The first-order chi connectivity index (χ1) is 9.99. The molecule has 6 heteroatoms. The van der Waals surface area contributed by atoms with E-state index in [0.29, 0.717) is 0 Å². The highest BCUT2D eigenvalue weighted by Gasteiger charge is 2.24. The fourth-order valence-electron chi connectivity index (χ4n) is 1.87. The summed E-state index contributed by atoms with van der Waals surface area (Å²) < 4.78 is 26.8. The maximum Gasteiger partial charge on any atom is 0.241 e. The van der Waals surface area contributed by atoms with Crippen LogP contribution in [0.1, 0.15) is 5.56 Å². The lowest BCUT2D eigenvalue weighted by atomic mass is 10.1. The van der Waals surface area contributed by atoms with E-state index in [2.05, 4.69) is 4.72 Å². The SMILES string of the molecule is O=C(Cl)[C@H](Cc1ccccc1)NS(=O)(=O)c1ccccc1. The third kappa shape index (κ3) is 4.39. The first-order valence-corrected chi connectivity index (χ1v) is 8.16. The number of halogens is 1. The quantitative estimate of drug-likeness (QED) is 0.830. The summed E-state index contributed by atoms with van der Waals surface area (Å²) in [6.07, 6.45) is 0.204. The van der Waals surface area contributed by atoms with E-state index in [1.54, 1.807) is 18.2 Å². The number of hydrogen-bond donors (Lipinski definition) is 1. The Morgan fingerprint density at radius 3 is 2.05 bits per heavy atom. The van der Waals surface area contributed by atoms with Gasteiger partial charge in [-0.3, -0.25) is 4.79 Å². The number of benzene rings is 2. The van der Waals surface area contributed by atoms with Crippen LogP contribution in [0.25, 0.3) is 0 Å². The summed E-state index contributed by atoms with van der Waals surface area (Å²) in [6, 6.07) is 16.0. The highest BCUT2D eigenvalue weighted by Crippen LogP contribution is 2.12. The Labute approximate surface area is 128 Å². The Hall–Kier alpha value is -1.69. The minimum atomic E-state index is -3.78. The number of sulfonamides is 1. The molecule has 1 N–H and O–H groups in total. The van der Waals surface area contributed by atoms with Crippen LogP contribution in [0.4, 0.5) is 0 Å². The predicted octanol–water partition coefficient (Wildman–Crippen LogP) is 2.34. The monoisotopic (exact) mass is 323 g/mol. The molecule has 0 bridgehead atoms. The number of carbonyl (C=O) groups is 1. The van der Waals surface area contributed by atoms with Gasteiger partial charge in [-0.05, 0) is 35.7 Å². The summed E-state index contributed by atoms with van der Waals surface area (Å²) in [5.41, 5.74) is 0.826. The summed E-state index contributed by atoms with van der Waals surface area (Å²) >= 11 is 5.52. The van der Waals surface area contributed by atoms with E-state index in [0.717, 1.165) is 5.56 Å². The summed E-state index contributed by atoms with van der Waals surface area (Å²) in [4.78, 5) is 11.6. The van der Waals surface area contributed by atoms with Crippen molar-refractivity contribution in [2.24, 2.45) is 0 Å². The Balaban J connectivity index is 2.19. The van der Waals surface area contributed by atoms with E-state index in [1.165, 1.54) is 12.1 Å². The fraction of sp³-hybridized carbons (Fsp3) is 0.133. The van der Waals surface area contributed by atoms with Crippen molar-refractivity contribution < 1.29 is 13.2 Å². The molecule has 1 atom stereocenters. The van der Waals surface area contributed by atoms with Crippen molar-refractivity contribution in [1.82, 2.24) is 4.72 Å². The highest BCUT2D eigenvalue weighted by atomic mass is 35.5. The largest absolute Gasteiger partial charge is 0.279 e. The molecule has 0 saturated heterocycles. The Morgan fingerprint density at radius 2 is 1.52 bits per heavy atom. The maximum absolute atomic E-state index is 12.2. The molecule has 21 heavy (non-hydrogen) atoms. The van der Waals surface area contributed by atoms with Gasteiger partial charge in [-0.1, -0.05) is 48.5 Å². The van der Waals surface area contributed by atoms with Gasteiger partial charge in [0.15, 0.2) is 0 Å². The number of hydrogen-bond acceptors (Lipinski definition) is 3. The summed E-state index contributed by atoms with van der Waals surface area (Å²) in [7, 11) is -3.78. The Bertz CT molecular complexity index is 702.